The summed E-state index contributed by atoms with van der Waals surface area (Å²) in [6.45, 7) is 4.12. The highest BCUT2D eigenvalue weighted by Crippen LogP contribution is 2.34. The van der Waals surface area contributed by atoms with Gasteiger partial charge in [-0.2, -0.15) is 4.39 Å². The van der Waals surface area contributed by atoms with Crippen LogP contribution >= 0.6 is 0 Å². The average molecular weight is 394 g/mol. The highest BCUT2D eigenvalue weighted by Gasteiger charge is 2.28. The quantitative estimate of drug-likeness (QED) is 0.728. The van der Waals surface area contributed by atoms with E-state index in [0.29, 0.717) is 42.3 Å². The minimum atomic E-state index is -0.522. The van der Waals surface area contributed by atoms with E-state index in [9.17, 15) is 4.39 Å². The van der Waals surface area contributed by atoms with E-state index in [0.717, 1.165) is 30.6 Å². The number of pyridine rings is 1. The lowest BCUT2D eigenvalue weighted by atomic mass is 9.99. The van der Waals surface area contributed by atoms with Crippen molar-refractivity contribution < 1.29 is 9.13 Å². The van der Waals surface area contributed by atoms with E-state index < -0.39 is 5.95 Å². The van der Waals surface area contributed by atoms with E-state index in [1.54, 1.807) is 0 Å². The van der Waals surface area contributed by atoms with Gasteiger partial charge in [0.15, 0.2) is 11.7 Å². The Hall–Kier alpha value is -2.90. The molecule has 2 aromatic heterocycles. The van der Waals surface area contributed by atoms with Crippen LogP contribution in [0.15, 0.2) is 28.3 Å². The molecular weight excluding hydrogens is 371 g/mol. The van der Waals surface area contributed by atoms with E-state index in [4.69, 9.17) is 9.72 Å². The second-order valence-corrected chi connectivity index (χ2v) is 7.76. The number of aliphatic imine (C=N–C) groups is 2. The molecule has 5 rings (SSSR count). The van der Waals surface area contributed by atoms with Crippen molar-refractivity contribution in [2.75, 3.05) is 24.6 Å². The molecule has 0 saturated heterocycles. The first-order chi connectivity index (χ1) is 14.2. The third kappa shape index (κ3) is 3.83. The van der Waals surface area contributed by atoms with Crippen LogP contribution in [0.3, 0.4) is 0 Å². The molecule has 0 bridgehead atoms. The number of hydrogen-bond donors (Lipinski definition) is 0. The standard InChI is InChI=1S/C21H23FN6O/c1-13-16-11-25-21(20-23-6-2-7-24-20)26-17(16)5-8-28(13)19-10-15(9-18(22)27-19)29-12-14-3-4-14/h6,9-11,13-14H,2-5,7-8,12H2,1H3. The largest absolute Gasteiger partial charge is 0.493 e. The minimum absolute atomic E-state index is 0.0184. The highest BCUT2D eigenvalue weighted by molar-refractivity contribution is 6.01. The molecule has 1 aliphatic carbocycles. The molecule has 4 heterocycles. The number of anilines is 1. The molecule has 2 aliphatic heterocycles. The molecule has 0 amide bonds. The van der Waals surface area contributed by atoms with Gasteiger partial charge in [-0.1, -0.05) is 0 Å². The summed E-state index contributed by atoms with van der Waals surface area (Å²) in [7, 11) is 0. The number of ether oxygens (including phenoxy) is 1. The molecule has 0 N–H and O–H groups in total. The third-order valence-corrected chi connectivity index (χ3v) is 5.57. The Morgan fingerprint density at radius 3 is 2.93 bits per heavy atom. The lowest BCUT2D eigenvalue weighted by Gasteiger charge is -2.35. The van der Waals surface area contributed by atoms with Gasteiger partial charge in [-0.25, -0.2) is 19.9 Å². The predicted octanol–water partition coefficient (Wildman–Crippen LogP) is 3.14. The molecule has 0 radical (unpaired) electrons. The molecule has 1 fully saturated rings. The lowest BCUT2D eigenvalue weighted by Crippen LogP contribution is -2.35. The van der Waals surface area contributed by atoms with Gasteiger partial charge in [-0.3, -0.25) is 4.99 Å². The van der Waals surface area contributed by atoms with Crippen LogP contribution in [-0.2, 0) is 6.42 Å². The topological polar surface area (TPSA) is 75.9 Å². The van der Waals surface area contributed by atoms with Gasteiger partial charge in [0.1, 0.15) is 11.6 Å². The van der Waals surface area contributed by atoms with Crippen molar-refractivity contribution in [2.45, 2.75) is 38.6 Å². The first kappa shape index (κ1) is 18.1. The van der Waals surface area contributed by atoms with Crippen molar-refractivity contribution in [2.24, 2.45) is 15.9 Å². The monoisotopic (exact) mass is 394 g/mol. The zero-order valence-corrected chi connectivity index (χ0v) is 16.4. The van der Waals surface area contributed by atoms with Crippen LogP contribution in [0.25, 0.3) is 0 Å². The minimum Gasteiger partial charge on any atom is -0.493 e. The van der Waals surface area contributed by atoms with E-state index in [-0.39, 0.29) is 6.04 Å². The fraction of sp³-hybridized carbons (Fsp3) is 0.476. The zero-order chi connectivity index (χ0) is 19.8. The Balaban J connectivity index is 1.39. The van der Waals surface area contributed by atoms with Crippen molar-refractivity contribution in [3.63, 3.8) is 0 Å². The van der Waals surface area contributed by atoms with Gasteiger partial charge in [-0.15, -0.1) is 0 Å². The summed E-state index contributed by atoms with van der Waals surface area (Å²) in [5.41, 5.74) is 2.01. The maximum Gasteiger partial charge on any atom is 0.218 e. The van der Waals surface area contributed by atoms with Gasteiger partial charge in [0.2, 0.25) is 5.95 Å². The summed E-state index contributed by atoms with van der Waals surface area (Å²) in [6.07, 6.45) is 7.66. The molecule has 1 atom stereocenters. The van der Waals surface area contributed by atoms with E-state index >= 15 is 0 Å². The van der Waals surface area contributed by atoms with Gasteiger partial charge in [0.05, 0.1) is 18.3 Å². The van der Waals surface area contributed by atoms with Crippen molar-refractivity contribution in [3.05, 3.63) is 41.4 Å². The average Bonchev–Trinajstić information content (AvgIpc) is 3.57. The number of halogens is 1. The SMILES string of the molecule is CC1c2cnc(C3=NCCC=N3)nc2CCN1c1cc(OCC2CC2)cc(F)n1. The smallest absolute Gasteiger partial charge is 0.218 e. The molecule has 0 aromatic carbocycles. The van der Waals surface area contributed by atoms with Crippen molar-refractivity contribution in [1.29, 1.82) is 0 Å². The first-order valence-corrected chi connectivity index (χ1v) is 10.2. The Morgan fingerprint density at radius 1 is 1.24 bits per heavy atom. The maximum absolute atomic E-state index is 14.1. The van der Waals surface area contributed by atoms with E-state index in [2.05, 4.69) is 31.8 Å². The van der Waals surface area contributed by atoms with E-state index in [1.807, 2.05) is 18.5 Å². The van der Waals surface area contributed by atoms with Gasteiger partial charge < -0.3 is 9.64 Å². The Kier molecular flexibility index (Phi) is 4.69. The molecule has 150 valence electrons. The molecular formula is C21H23FN6O. The van der Waals surface area contributed by atoms with Crippen LogP contribution in [0.5, 0.6) is 5.75 Å². The molecule has 2 aromatic rings. The van der Waals surface area contributed by atoms with Gasteiger partial charge >= 0.3 is 0 Å². The third-order valence-electron chi connectivity index (χ3n) is 5.57. The maximum atomic E-state index is 14.1. The fourth-order valence-corrected chi connectivity index (χ4v) is 3.72. The van der Waals surface area contributed by atoms with Crippen LogP contribution in [0.2, 0.25) is 0 Å². The van der Waals surface area contributed by atoms with Crippen LogP contribution in [0.1, 0.15) is 49.3 Å². The van der Waals surface area contributed by atoms with Crippen LogP contribution < -0.4 is 9.64 Å². The second kappa shape index (κ2) is 7.50. The Bertz CT molecular complexity index is 987. The number of aromatic nitrogens is 3. The fourth-order valence-electron chi connectivity index (χ4n) is 3.72. The zero-order valence-electron chi connectivity index (χ0n) is 16.4. The molecule has 1 unspecified atom stereocenters. The molecule has 3 aliphatic rings. The number of fused-ring (bicyclic) bond motifs is 1. The van der Waals surface area contributed by atoms with Crippen molar-refractivity contribution in [1.82, 2.24) is 15.0 Å². The van der Waals surface area contributed by atoms with Gasteiger partial charge in [0.25, 0.3) is 0 Å². The molecule has 7 nitrogen and oxygen atoms in total. The summed E-state index contributed by atoms with van der Waals surface area (Å²) in [4.78, 5) is 24.1. The summed E-state index contributed by atoms with van der Waals surface area (Å²) < 4.78 is 19.9. The molecule has 1 saturated carbocycles. The number of rotatable bonds is 5. The Morgan fingerprint density at radius 2 is 2.14 bits per heavy atom. The number of nitrogens with zero attached hydrogens (tertiary/aromatic N) is 6. The number of hydrogen-bond acceptors (Lipinski definition) is 7. The number of amidine groups is 1. The summed E-state index contributed by atoms with van der Waals surface area (Å²) in [5, 5.41) is 0. The van der Waals surface area contributed by atoms with Crippen LogP contribution in [-0.4, -0.2) is 46.7 Å². The van der Waals surface area contributed by atoms with Crippen LogP contribution in [0.4, 0.5) is 10.2 Å². The van der Waals surface area contributed by atoms with Crippen molar-refractivity contribution in [3.8, 4) is 5.75 Å². The molecule has 29 heavy (non-hydrogen) atoms. The predicted molar refractivity (Wildman–Crippen MR) is 108 cm³/mol. The normalized spacial score (nSPS) is 21.0. The van der Waals surface area contributed by atoms with Crippen molar-refractivity contribution >= 4 is 17.9 Å². The summed E-state index contributed by atoms with van der Waals surface area (Å²) in [5.74, 6) is 2.38. The van der Waals surface area contributed by atoms with E-state index in [1.165, 1.54) is 18.9 Å². The Labute approximate surface area is 168 Å². The lowest BCUT2D eigenvalue weighted by molar-refractivity contribution is 0.297. The highest BCUT2D eigenvalue weighted by atomic mass is 19.1. The molecule has 8 heteroatoms. The second-order valence-electron chi connectivity index (χ2n) is 7.76. The van der Waals surface area contributed by atoms with Crippen LogP contribution in [0, 0.1) is 11.9 Å². The van der Waals surface area contributed by atoms with Gasteiger partial charge in [-0.05, 0) is 25.7 Å². The van der Waals surface area contributed by atoms with Gasteiger partial charge in [0, 0.05) is 56.0 Å². The first-order valence-electron chi connectivity index (χ1n) is 10.2. The summed E-state index contributed by atoms with van der Waals surface area (Å²) >= 11 is 0. The summed E-state index contributed by atoms with van der Waals surface area (Å²) in [6, 6.07) is 3.17. The molecule has 0 spiro atoms.